The van der Waals surface area contributed by atoms with Crippen molar-refractivity contribution in [3.63, 3.8) is 0 Å². The second-order valence-corrected chi connectivity index (χ2v) is 6.90. The van der Waals surface area contributed by atoms with Gasteiger partial charge in [-0.25, -0.2) is 4.98 Å². The number of aromatic amines is 1. The molecule has 0 aliphatic rings. The van der Waals surface area contributed by atoms with Crippen molar-refractivity contribution in [2.75, 3.05) is 0 Å². The van der Waals surface area contributed by atoms with Crippen LogP contribution in [-0.2, 0) is 0 Å². The summed E-state index contributed by atoms with van der Waals surface area (Å²) in [6.45, 7) is 0. The Balaban J connectivity index is 1.88. The van der Waals surface area contributed by atoms with Gasteiger partial charge in [-0.3, -0.25) is 0 Å². The first kappa shape index (κ1) is 16.7. The van der Waals surface area contributed by atoms with E-state index in [0.29, 0.717) is 0 Å². The van der Waals surface area contributed by atoms with Gasteiger partial charge in [0.2, 0.25) is 0 Å². The van der Waals surface area contributed by atoms with Crippen LogP contribution in [0.1, 0.15) is 0 Å². The van der Waals surface area contributed by atoms with Crippen LogP contribution in [0.3, 0.4) is 0 Å². The zero-order valence-corrected chi connectivity index (χ0v) is 15.4. The van der Waals surface area contributed by atoms with Crippen molar-refractivity contribution in [2.24, 2.45) is 0 Å². The Kier molecular flexibility index (Phi) is 4.39. The number of imidazole rings is 1. The molecule has 4 rings (SSSR count). The lowest BCUT2D eigenvalue weighted by Crippen LogP contribution is -1.99. The molecule has 2 N–H and O–H groups in total. The average molecular weight is 401 g/mol. The van der Waals surface area contributed by atoms with Crippen LogP contribution in [0, 0.1) is 0 Å². The number of phenolic OH excluding ortho intramolecular Hbond substituents is 1. The predicted octanol–water partition coefficient (Wildman–Crippen LogP) is 4.67. The number of aromatic nitrogens is 2. The normalized spacial score (nSPS) is 10.8. The van der Waals surface area contributed by atoms with Gasteiger partial charge in [-0.05, 0) is 36.4 Å². The number of benzene rings is 3. The molecule has 0 saturated carbocycles. The highest BCUT2D eigenvalue weighted by molar-refractivity contribution is 9.10. The summed E-state index contributed by atoms with van der Waals surface area (Å²) in [6.07, 6.45) is 0. The molecule has 0 spiro atoms. The number of nitrogens with zero attached hydrogens (tertiary/aromatic N) is 1. The van der Waals surface area contributed by atoms with Crippen LogP contribution in [0.5, 0.6) is 5.75 Å². The summed E-state index contributed by atoms with van der Waals surface area (Å²) in [5.41, 5.74) is 5.44. The molecule has 1 aromatic heterocycles. The van der Waals surface area contributed by atoms with Crippen molar-refractivity contribution < 1.29 is 5.11 Å². The zero-order valence-electron chi connectivity index (χ0n) is 13.8. The maximum absolute atomic E-state index is 9.52. The lowest BCUT2D eigenvalue weighted by molar-refractivity contribution is 0.475. The summed E-state index contributed by atoms with van der Waals surface area (Å²) >= 11 is 3.47. The minimum absolute atomic E-state index is 0.229. The molecule has 5 heteroatoms. The molecule has 4 aromatic rings. The van der Waals surface area contributed by atoms with Gasteiger partial charge in [-0.15, -0.1) is 0 Å². The molecule has 0 unspecified atom stereocenters. The van der Waals surface area contributed by atoms with Crippen LogP contribution >= 0.6 is 15.9 Å². The number of H-pyrrole nitrogens is 1. The van der Waals surface area contributed by atoms with Gasteiger partial charge in [-0.1, -0.05) is 57.8 Å². The molecule has 1 heterocycles. The molecule has 26 heavy (non-hydrogen) atoms. The Morgan fingerprint density at radius 2 is 1.35 bits per heavy atom. The van der Waals surface area contributed by atoms with Crippen molar-refractivity contribution in [3.05, 3.63) is 77.3 Å². The van der Waals surface area contributed by atoms with Crippen LogP contribution in [0.2, 0.25) is 0 Å². The topological polar surface area (TPSA) is 48.9 Å². The first-order valence-corrected chi connectivity index (χ1v) is 8.91. The molecular weight excluding hydrogens is 387 g/mol. The zero-order chi connectivity index (χ0) is 18.1. The molecule has 2 radical (unpaired) electrons. The summed E-state index contributed by atoms with van der Waals surface area (Å²) in [7, 11) is 5.83. The summed E-state index contributed by atoms with van der Waals surface area (Å²) in [5.74, 6) is 0.974. The largest absolute Gasteiger partial charge is 0.508 e. The summed E-state index contributed by atoms with van der Waals surface area (Å²) < 4.78 is 1.02. The molecule has 0 fully saturated rings. The number of nitrogens with one attached hydrogen (secondary N) is 1. The van der Waals surface area contributed by atoms with Crippen LogP contribution in [0.4, 0.5) is 0 Å². The van der Waals surface area contributed by atoms with Crippen LogP contribution < -0.4 is 5.46 Å². The van der Waals surface area contributed by atoms with E-state index in [1.54, 1.807) is 12.1 Å². The number of halogens is 1. The fourth-order valence-corrected chi connectivity index (χ4v) is 3.07. The van der Waals surface area contributed by atoms with Gasteiger partial charge in [0.05, 0.1) is 11.4 Å². The third-order valence-corrected chi connectivity index (χ3v) is 4.69. The van der Waals surface area contributed by atoms with E-state index in [-0.39, 0.29) is 5.75 Å². The maximum Gasteiger partial charge on any atom is 0.138 e. The second-order valence-electron chi connectivity index (χ2n) is 5.98. The average Bonchev–Trinajstić information content (AvgIpc) is 3.09. The van der Waals surface area contributed by atoms with Crippen LogP contribution in [0.25, 0.3) is 33.9 Å². The SMILES string of the molecule is [B]c1ccc(-c2[nH]c(-c3ccc(O)cc3)nc2-c2ccc(Br)cc2)cc1. The first-order chi connectivity index (χ1) is 12.6. The van der Waals surface area contributed by atoms with E-state index in [1.807, 2.05) is 60.7 Å². The van der Waals surface area contributed by atoms with E-state index >= 15 is 0 Å². The Morgan fingerprint density at radius 1 is 0.769 bits per heavy atom. The molecule has 3 nitrogen and oxygen atoms in total. The lowest BCUT2D eigenvalue weighted by atomic mass is 9.94. The lowest BCUT2D eigenvalue weighted by Gasteiger charge is -2.04. The van der Waals surface area contributed by atoms with E-state index in [2.05, 4.69) is 20.9 Å². The molecule has 0 aliphatic heterocycles. The monoisotopic (exact) mass is 400 g/mol. The van der Waals surface area contributed by atoms with Crippen molar-refractivity contribution in [2.45, 2.75) is 0 Å². The van der Waals surface area contributed by atoms with E-state index in [9.17, 15) is 5.11 Å². The van der Waals surface area contributed by atoms with Gasteiger partial charge in [0.1, 0.15) is 19.4 Å². The number of hydrogen-bond donors (Lipinski definition) is 2. The van der Waals surface area contributed by atoms with Gasteiger partial charge in [0.15, 0.2) is 0 Å². The quantitative estimate of drug-likeness (QED) is 0.491. The predicted molar refractivity (Wildman–Crippen MR) is 110 cm³/mol. The van der Waals surface area contributed by atoms with Crippen LogP contribution in [0.15, 0.2) is 77.3 Å². The highest BCUT2D eigenvalue weighted by Crippen LogP contribution is 2.33. The molecular formula is C21H14BBrN2O. The number of phenols is 1. The number of hydrogen-bond acceptors (Lipinski definition) is 2. The minimum Gasteiger partial charge on any atom is -0.508 e. The van der Waals surface area contributed by atoms with Gasteiger partial charge < -0.3 is 10.1 Å². The smallest absolute Gasteiger partial charge is 0.138 e. The third-order valence-electron chi connectivity index (χ3n) is 4.16. The third kappa shape index (κ3) is 3.31. The van der Waals surface area contributed by atoms with Gasteiger partial charge in [-0.2, -0.15) is 0 Å². The van der Waals surface area contributed by atoms with E-state index in [4.69, 9.17) is 12.8 Å². The molecule has 0 aliphatic carbocycles. The van der Waals surface area contributed by atoms with Gasteiger partial charge in [0, 0.05) is 21.2 Å². The van der Waals surface area contributed by atoms with Crippen molar-refractivity contribution >= 4 is 29.2 Å². The standard InChI is InChI=1S/C21H14BBrN2O/c22-16-7-1-13(2-8-16)19-20(14-3-9-17(23)10-4-14)25-21(24-19)15-5-11-18(26)12-6-15/h1-12,26H,(H,24,25). The summed E-state index contributed by atoms with van der Waals surface area (Å²) in [4.78, 5) is 8.25. The van der Waals surface area contributed by atoms with Crippen LogP contribution in [-0.4, -0.2) is 22.9 Å². The van der Waals surface area contributed by atoms with Crippen molar-refractivity contribution in [1.29, 1.82) is 0 Å². The van der Waals surface area contributed by atoms with E-state index < -0.39 is 0 Å². The van der Waals surface area contributed by atoms with E-state index in [1.165, 1.54) is 0 Å². The van der Waals surface area contributed by atoms with Gasteiger partial charge in [0.25, 0.3) is 0 Å². The number of aromatic hydroxyl groups is 1. The highest BCUT2D eigenvalue weighted by Gasteiger charge is 2.15. The Bertz CT molecular complexity index is 976. The van der Waals surface area contributed by atoms with Crippen molar-refractivity contribution in [1.82, 2.24) is 9.97 Å². The molecule has 0 amide bonds. The fraction of sp³-hybridized carbons (Fsp3) is 0. The molecule has 0 bridgehead atoms. The van der Waals surface area contributed by atoms with Gasteiger partial charge >= 0.3 is 0 Å². The summed E-state index contributed by atoms with van der Waals surface area (Å²) in [6, 6.07) is 22.7. The second kappa shape index (κ2) is 6.85. The molecule has 124 valence electrons. The van der Waals surface area contributed by atoms with E-state index in [0.717, 1.165) is 43.8 Å². The summed E-state index contributed by atoms with van der Waals surface area (Å²) in [5, 5.41) is 9.52. The van der Waals surface area contributed by atoms with Crippen molar-refractivity contribution in [3.8, 4) is 39.7 Å². The highest BCUT2D eigenvalue weighted by atomic mass is 79.9. The minimum atomic E-state index is 0.229. The Hall–Kier alpha value is -2.79. The molecule has 0 saturated heterocycles. The number of rotatable bonds is 3. The Morgan fingerprint density at radius 3 is 2.00 bits per heavy atom. The molecule has 3 aromatic carbocycles. The Labute approximate surface area is 161 Å². The maximum atomic E-state index is 9.52. The first-order valence-electron chi connectivity index (χ1n) is 8.11. The fourth-order valence-electron chi connectivity index (χ4n) is 2.80. The molecule has 0 atom stereocenters.